The van der Waals surface area contributed by atoms with Gasteiger partial charge in [-0.05, 0) is 19.4 Å². The molecule has 4 amide bonds. The summed E-state index contributed by atoms with van der Waals surface area (Å²) in [5.41, 5.74) is 10.4. The van der Waals surface area contributed by atoms with Gasteiger partial charge in [-0.2, -0.15) is 0 Å². The standard InChI is InChI=1S/C14H28N6O4/c15-5-3-1-2-4-6-17-12(22)8-19-14(24)10-20-13(23)9-18-11(21)7-16/h1-10,15-16H2,(H,17,22)(H,18,21)(H,19,24)(H,20,23). The molecule has 0 aliphatic rings. The molecule has 0 rings (SSSR count). The molecule has 0 spiro atoms. The molecule has 0 saturated heterocycles. The second kappa shape index (κ2) is 14.4. The number of nitrogens with two attached hydrogens (primary N) is 2. The van der Waals surface area contributed by atoms with Crippen molar-refractivity contribution in [1.82, 2.24) is 21.3 Å². The third kappa shape index (κ3) is 13.5. The summed E-state index contributed by atoms with van der Waals surface area (Å²) in [6, 6.07) is 0. The first-order valence-electron chi connectivity index (χ1n) is 7.96. The average Bonchev–Trinajstić information content (AvgIpc) is 2.58. The molecule has 10 heteroatoms. The van der Waals surface area contributed by atoms with E-state index in [1.807, 2.05) is 0 Å². The molecule has 0 saturated carbocycles. The Balaban J connectivity index is 3.61. The van der Waals surface area contributed by atoms with Gasteiger partial charge in [0.05, 0.1) is 26.2 Å². The van der Waals surface area contributed by atoms with Crippen molar-refractivity contribution >= 4 is 23.6 Å². The largest absolute Gasteiger partial charge is 0.355 e. The molecule has 0 aromatic rings. The van der Waals surface area contributed by atoms with Crippen molar-refractivity contribution in [3.63, 3.8) is 0 Å². The van der Waals surface area contributed by atoms with Gasteiger partial charge in [0.15, 0.2) is 0 Å². The van der Waals surface area contributed by atoms with Crippen LogP contribution in [0, 0.1) is 0 Å². The van der Waals surface area contributed by atoms with Crippen LogP contribution in [0.1, 0.15) is 25.7 Å². The van der Waals surface area contributed by atoms with Crippen LogP contribution in [-0.2, 0) is 19.2 Å². The maximum absolute atomic E-state index is 11.5. The summed E-state index contributed by atoms with van der Waals surface area (Å²) in [5, 5.41) is 9.65. The number of carbonyl (C=O) groups is 4. The van der Waals surface area contributed by atoms with Crippen LogP contribution in [0.2, 0.25) is 0 Å². The first kappa shape index (κ1) is 21.8. The lowest BCUT2D eigenvalue weighted by atomic mass is 10.2. The zero-order chi connectivity index (χ0) is 18.2. The van der Waals surface area contributed by atoms with Crippen LogP contribution in [0.25, 0.3) is 0 Å². The van der Waals surface area contributed by atoms with Crippen LogP contribution in [0.3, 0.4) is 0 Å². The van der Waals surface area contributed by atoms with E-state index >= 15 is 0 Å². The lowest BCUT2D eigenvalue weighted by molar-refractivity contribution is -0.128. The Hall–Kier alpha value is -2.20. The molecule has 0 heterocycles. The van der Waals surface area contributed by atoms with Gasteiger partial charge in [0.25, 0.3) is 0 Å². The van der Waals surface area contributed by atoms with Crippen LogP contribution >= 0.6 is 0 Å². The Morgan fingerprint density at radius 3 is 1.54 bits per heavy atom. The van der Waals surface area contributed by atoms with E-state index in [4.69, 9.17) is 11.5 Å². The molecule has 0 fully saturated rings. The van der Waals surface area contributed by atoms with Gasteiger partial charge in [-0.1, -0.05) is 12.8 Å². The van der Waals surface area contributed by atoms with Crippen molar-refractivity contribution < 1.29 is 19.2 Å². The van der Waals surface area contributed by atoms with Crippen LogP contribution in [0.4, 0.5) is 0 Å². The molecule has 0 aromatic carbocycles. The first-order valence-corrected chi connectivity index (χ1v) is 7.96. The Kier molecular flexibility index (Phi) is 13.1. The summed E-state index contributed by atoms with van der Waals surface area (Å²) in [6.07, 6.45) is 3.88. The molecule has 0 aromatic heterocycles. The minimum Gasteiger partial charge on any atom is -0.355 e. The molecule has 0 unspecified atom stereocenters. The van der Waals surface area contributed by atoms with Crippen LogP contribution in [-0.4, -0.2) is 62.9 Å². The fourth-order valence-corrected chi connectivity index (χ4v) is 1.65. The van der Waals surface area contributed by atoms with Crippen molar-refractivity contribution in [2.75, 3.05) is 39.3 Å². The molecule has 138 valence electrons. The van der Waals surface area contributed by atoms with Crippen LogP contribution in [0.15, 0.2) is 0 Å². The first-order chi connectivity index (χ1) is 11.5. The highest BCUT2D eigenvalue weighted by Crippen LogP contribution is 1.96. The zero-order valence-electron chi connectivity index (χ0n) is 13.9. The molecule has 0 radical (unpaired) electrons. The summed E-state index contributed by atoms with van der Waals surface area (Å²) in [6.45, 7) is 0.333. The van der Waals surface area contributed by atoms with E-state index in [9.17, 15) is 19.2 Å². The lowest BCUT2D eigenvalue weighted by Gasteiger charge is -2.08. The number of unbranched alkanes of at least 4 members (excludes halogenated alkanes) is 3. The highest BCUT2D eigenvalue weighted by atomic mass is 16.2. The summed E-state index contributed by atoms with van der Waals surface area (Å²) in [7, 11) is 0. The third-order valence-corrected chi connectivity index (χ3v) is 2.98. The predicted molar refractivity (Wildman–Crippen MR) is 88.6 cm³/mol. The molecule has 8 N–H and O–H groups in total. The minimum absolute atomic E-state index is 0.151. The fourth-order valence-electron chi connectivity index (χ4n) is 1.65. The van der Waals surface area contributed by atoms with Crippen LogP contribution < -0.4 is 32.7 Å². The van der Waals surface area contributed by atoms with Gasteiger partial charge < -0.3 is 32.7 Å². The van der Waals surface area contributed by atoms with Gasteiger partial charge in [-0.25, -0.2) is 0 Å². The van der Waals surface area contributed by atoms with Gasteiger partial charge in [0.2, 0.25) is 23.6 Å². The number of hydrogen-bond acceptors (Lipinski definition) is 6. The molecular formula is C14H28N6O4. The molecule has 0 atom stereocenters. The number of carbonyl (C=O) groups excluding carboxylic acids is 4. The number of nitrogens with one attached hydrogen (secondary N) is 4. The maximum atomic E-state index is 11.5. The van der Waals surface area contributed by atoms with Crippen molar-refractivity contribution in [3.8, 4) is 0 Å². The Labute approximate surface area is 141 Å². The normalized spacial score (nSPS) is 9.92. The van der Waals surface area contributed by atoms with E-state index < -0.39 is 17.7 Å². The van der Waals surface area contributed by atoms with Crippen molar-refractivity contribution in [2.45, 2.75) is 25.7 Å². The summed E-state index contributed by atoms with van der Waals surface area (Å²) in [4.78, 5) is 45.1. The van der Waals surface area contributed by atoms with E-state index in [1.165, 1.54) is 0 Å². The predicted octanol–water partition coefficient (Wildman–Crippen LogP) is -3.07. The van der Waals surface area contributed by atoms with Gasteiger partial charge in [0, 0.05) is 6.54 Å². The topological polar surface area (TPSA) is 168 Å². The third-order valence-electron chi connectivity index (χ3n) is 2.98. The fraction of sp³-hybridized carbons (Fsp3) is 0.714. The van der Waals surface area contributed by atoms with Crippen molar-refractivity contribution in [1.29, 1.82) is 0 Å². The molecule has 0 bridgehead atoms. The number of amides is 4. The van der Waals surface area contributed by atoms with E-state index in [2.05, 4.69) is 21.3 Å². The van der Waals surface area contributed by atoms with E-state index in [0.717, 1.165) is 25.7 Å². The SMILES string of the molecule is NCCCCCCNC(=O)CNC(=O)CNC(=O)CNC(=O)CN. The second-order valence-corrected chi connectivity index (χ2v) is 5.09. The van der Waals surface area contributed by atoms with E-state index in [1.54, 1.807) is 0 Å². The molecule has 24 heavy (non-hydrogen) atoms. The van der Waals surface area contributed by atoms with E-state index in [-0.39, 0.29) is 32.1 Å². The van der Waals surface area contributed by atoms with Gasteiger partial charge >= 0.3 is 0 Å². The summed E-state index contributed by atoms with van der Waals surface area (Å²) >= 11 is 0. The van der Waals surface area contributed by atoms with Gasteiger partial charge in [-0.15, -0.1) is 0 Å². The summed E-state index contributed by atoms with van der Waals surface area (Å²) < 4.78 is 0. The Bertz CT molecular complexity index is 416. The zero-order valence-corrected chi connectivity index (χ0v) is 13.9. The molecule has 10 nitrogen and oxygen atoms in total. The molecular weight excluding hydrogens is 316 g/mol. The average molecular weight is 344 g/mol. The van der Waals surface area contributed by atoms with E-state index in [0.29, 0.717) is 13.1 Å². The number of rotatable bonds is 13. The number of hydrogen-bond donors (Lipinski definition) is 6. The molecule has 0 aliphatic carbocycles. The van der Waals surface area contributed by atoms with Crippen molar-refractivity contribution in [3.05, 3.63) is 0 Å². The highest BCUT2D eigenvalue weighted by molar-refractivity contribution is 5.90. The molecule has 0 aliphatic heterocycles. The smallest absolute Gasteiger partial charge is 0.239 e. The van der Waals surface area contributed by atoms with Crippen molar-refractivity contribution in [2.24, 2.45) is 11.5 Å². The maximum Gasteiger partial charge on any atom is 0.239 e. The summed E-state index contributed by atoms with van der Waals surface area (Å²) in [5.74, 6) is -1.77. The van der Waals surface area contributed by atoms with Crippen LogP contribution in [0.5, 0.6) is 0 Å². The quantitative estimate of drug-likeness (QED) is 0.194. The monoisotopic (exact) mass is 344 g/mol. The Morgan fingerprint density at radius 2 is 1.04 bits per heavy atom. The Morgan fingerprint density at radius 1 is 0.583 bits per heavy atom. The van der Waals surface area contributed by atoms with Gasteiger partial charge in [-0.3, -0.25) is 19.2 Å². The minimum atomic E-state index is -0.520. The second-order valence-electron chi connectivity index (χ2n) is 5.09. The van der Waals surface area contributed by atoms with Gasteiger partial charge in [0.1, 0.15) is 0 Å². The lowest BCUT2D eigenvalue weighted by Crippen LogP contribution is -2.45. The highest BCUT2D eigenvalue weighted by Gasteiger charge is 2.08.